The smallest absolute Gasteiger partial charge is 0.742 e. The van der Waals surface area contributed by atoms with Crippen LogP contribution < -0.4 is 29.6 Å². The fraction of sp³-hybridized carbons (Fsp3) is 0.354. The first-order valence-corrected chi connectivity index (χ1v) is 40.6. The van der Waals surface area contributed by atoms with Gasteiger partial charge in [-0.15, -0.1) is 0 Å². The third-order valence-electron chi connectivity index (χ3n) is 10.4. The van der Waals surface area contributed by atoms with Crippen molar-refractivity contribution in [1.82, 2.24) is 9.97 Å². The number of aliphatic carboxylic acids is 1. The number of thioether (sulfide) groups is 3. The van der Waals surface area contributed by atoms with E-state index in [1.807, 2.05) is 111 Å². The van der Waals surface area contributed by atoms with Gasteiger partial charge in [-0.25, -0.2) is 18.4 Å². The predicted molar refractivity (Wildman–Crippen MR) is 414 cm³/mol. The summed E-state index contributed by atoms with van der Waals surface area (Å²) in [5.74, 6) is 0.755. The van der Waals surface area contributed by atoms with E-state index in [0.29, 0.717) is 32.9 Å². The average Bonchev–Trinajstić information content (AvgIpc) is 0.880. The third kappa shape index (κ3) is 56.4. The zero-order valence-electron chi connectivity index (χ0n) is 54.7. The molecule has 2 atom stereocenters. The van der Waals surface area contributed by atoms with Crippen LogP contribution in [-0.2, 0) is 59.9 Å². The molecule has 0 aliphatic carbocycles. The number of rotatable bonds is 27. The van der Waals surface area contributed by atoms with Crippen LogP contribution in [0.3, 0.4) is 0 Å². The number of carbonyl (C=O) groups excluding carboxylic acids is 3. The third-order valence-corrected chi connectivity index (χ3v) is 21.6. The number of esters is 1. The number of pyridine rings is 2. The van der Waals surface area contributed by atoms with Crippen molar-refractivity contribution in [2.24, 2.45) is 0 Å². The first-order chi connectivity index (χ1) is 45.9. The molecule has 0 radical (unpaired) electrons. The zero-order chi connectivity index (χ0) is 73.6. The largest absolute Gasteiger partial charge is 1.00 e. The van der Waals surface area contributed by atoms with Gasteiger partial charge >= 0.3 is 41.5 Å². The number of nitriles is 2. The number of benzene rings is 4. The van der Waals surface area contributed by atoms with Crippen molar-refractivity contribution in [3.8, 4) is 12.1 Å². The number of aliphatic hydroxyl groups excluding tert-OH is 5. The maximum Gasteiger partial charge on any atom is 1.00 e. The molecule has 20 nitrogen and oxygen atoms in total. The molecule has 538 valence electrons. The van der Waals surface area contributed by atoms with Crippen molar-refractivity contribution in [3.05, 3.63) is 180 Å². The van der Waals surface area contributed by atoms with E-state index in [4.69, 9.17) is 70.5 Å². The van der Waals surface area contributed by atoms with Gasteiger partial charge in [0.1, 0.15) is 26.2 Å². The fourth-order valence-electron chi connectivity index (χ4n) is 5.73. The fourth-order valence-corrected chi connectivity index (χ4v) is 14.3. The summed E-state index contributed by atoms with van der Waals surface area (Å²) in [5.41, 5.74) is 3.78. The van der Waals surface area contributed by atoms with Gasteiger partial charge in [0.05, 0.1) is 70.0 Å². The molecule has 2 aromatic heterocycles. The number of aromatic nitrogens is 2. The molecule has 0 aliphatic rings. The molecule has 0 saturated heterocycles. The molecule has 6 aromatic rings. The Morgan fingerprint density at radius 3 is 1.31 bits per heavy atom. The van der Waals surface area contributed by atoms with Crippen LogP contribution in [-0.4, -0.2) is 161 Å². The van der Waals surface area contributed by atoms with Crippen LogP contribution in [0.2, 0.25) is 0 Å². The Labute approximate surface area is 654 Å². The van der Waals surface area contributed by atoms with Gasteiger partial charge in [0, 0.05) is 65.2 Å². The van der Waals surface area contributed by atoms with E-state index in [-0.39, 0.29) is 122 Å². The Bertz CT molecular complexity index is 3500. The van der Waals surface area contributed by atoms with E-state index >= 15 is 0 Å². The van der Waals surface area contributed by atoms with E-state index in [0.717, 1.165) is 49.8 Å². The van der Waals surface area contributed by atoms with Gasteiger partial charge in [-0.05, 0) is 129 Å². The van der Waals surface area contributed by atoms with E-state index in [1.54, 1.807) is 93.7 Å². The number of aryl methyl sites for hydroxylation is 2. The van der Waals surface area contributed by atoms with Gasteiger partial charge in [0.15, 0.2) is 5.12 Å². The van der Waals surface area contributed by atoms with Gasteiger partial charge in [-0.3, -0.25) is 18.6 Å². The second-order valence-electron chi connectivity index (χ2n) is 18.7. The van der Waals surface area contributed by atoms with Gasteiger partial charge in [-0.2, -0.15) is 18.9 Å². The summed E-state index contributed by atoms with van der Waals surface area (Å²) in [7, 11) is 4.18. The molecule has 0 spiro atoms. The van der Waals surface area contributed by atoms with Crippen LogP contribution in [0.5, 0.6) is 0 Å². The topological polar surface area (TPSA) is 350 Å². The molecule has 6 N–H and O–H groups in total. The second kappa shape index (κ2) is 61.7. The Kier molecular flexibility index (Phi) is 63.3. The normalized spacial score (nSPS) is 11.2. The number of nitrogens with zero attached hydrogens (tertiary/aromatic N) is 4. The summed E-state index contributed by atoms with van der Waals surface area (Å²) in [6, 6.07) is 47.7. The molecule has 34 heteroatoms. The quantitative estimate of drug-likeness (QED) is 0.00408. The number of thiocarbonyl (C=S) groups is 2. The summed E-state index contributed by atoms with van der Waals surface area (Å²) < 4.78 is 53.6. The maximum atomic E-state index is 12.0. The van der Waals surface area contributed by atoms with Crippen LogP contribution in [0.25, 0.3) is 0 Å². The number of carboxylic acid groups (broad SMARTS) is 1. The molecule has 6 rings (SSSR count). The molecule has 0 fully saturated rings. The van der Waals surface area contributed by atoms with Crippen molar-refractivity contribution in [3.63, 3.8) is 0 Å². The summed E-state index contributed by atoms with van der Waals surface area (Å²) in [6.07, 6.45) is 4.33. The van der Waals surface area contributed by atoms with E-state index in [1.165, 1.54) is 61.6 Å². The number of carbonyl (C=O) groups is 4. The Balaban J connectivity index is -0.000000558. The van der Waals surface area contributed by atoms with Crippen LogP contribution in [0.4, 0.5) is 0 Å². The molecular weight excluding hydrogens is 1540 g/mol. The van der Waals surface area contributed by atoms with Crippen LogP contribution >= 0.6 is 114 Å². The molecule has 0 saturated carbocycles. The first kappa shape index (κ1) is 102. The van der Waals surface area contributed by atoms with Crippen LogP contribution in [0, 0.1) is 36.5 Å². The molecule has 2 heterocycles. The van der Waals surface area contributed by atoms with Crippen LogP contribution in [0.15, 0.2) is 178 Å². The predicted octanol–water partition coefficient (Wildman–Crippen LogP) is 10.2. The minimum absolute atomic E-state index is 0. The summed E-state index contributed by atoms with van der Waals surface area (Å²) in [6.45, 7) is 9.97. The Morgan fingerprint density at radius 2 is 0.980 bits per heavy atom. The van der Waals surface area contributed by atoms with Crippen molar-refractivity contribution < 1.29 is 105 Å². The molecule has 2 unspecified atom stereocenters. The van der Waals surface area contributed by atoms with E-state index in [2.05, 4.69) is 38.9 Å². The van der Waals surface area contributed by atoms with Crippen molar-refractivity contribution in [1.29, 1.82) is 10.5 Å². The number of hydrogen-bond donors (Lipinski definition) is 6. The second-order valence-corrected chi connectivity index (χ2v) is 34.0. The summed E-state index contributed by atoms with van der Waals surface area (Å²) >= 11 is 18.4. The molecular formula is C65H82ClN4NaO16S12. The number of aliphatic hydroxyl groups is 5. The molecule has 0 aliphatic heterocycles. The zero-order valence-corrected chi connectivity index (χ0v) is 67.3. The maximum absolute atomic E-state index is 12.0. The van der Waals surface area contributed by atoms with Gasteiger partial charge in [0.25, 0.3) is 19.2 Å². The van der Waals surface area contributed by atoms with Crippen LogP contribution in [0.1, 0.15) is 83.1 Å². The first-order valence-electron chi connectivity index (χ1n) is 28.4. The molecule has 0 amide bonds. The minimum atomic E-state index is -3.70. The molecule has 4 aromatic carbocycles. The monoisotopic (exact) mass is 1620 g/mol. The Morgan fingerprint density at radius 1 is 0.586 bits per heavy atom. The molecule has 99 heavy (non-hydrogen) atoms. The van der Waals surface area contributed by atoms with Gasteiger partial charge in [0.2, 0.25) is 0 Å². The number of carboxylic acids is 1. The Hall–Kier alpha value is -3.76. The van der Waals surface area contributed by atoms with E-state index in [9.17, 15) is 46.5 Å². The minimum Gasteiger partial charge on any atom is -0.742 e. The van der Waals surface area contributed by atoms with Gasteiger partial charge in [-0.1, -0.05) is 197 Å². The van der Waals surface area contributed by atoms with Gasteiger partial charge < -0.3 is 52.8 Å². The van der Waals surface area contributed by atoms with E-state index < -0.39 is 34.6 Å². The van der Waals surface area contributed by atoms with Crippen molar-refractivity contribution in [2.45, 2.75) is 104 Å². The standard InChI is InChI=1S/C20H20N2O2S4.C13H13NO2S2.C9H12O4S.C7H7ClO2S.C7H9NOS2.C4H8O2S.C2H6O2.C2H4OS.CH4.Na/c1-20(15-21,27-19(25)16-7-3-2-4-8-16)11-10-18(23)24-13-14-26-28-17-9-5-6-12-22-17;1-13(9-14,8-7-11(15)16)18-12(17)10-5-3-2-4-6-10;1-8-2-4-9(5-3-8)14(11,12)13-7-6-10;1-6-2-4-7(5-3-6)11(8,9)10;9-5-6-10-11-7-3-1-2-4-8-7;1-4(6)7-3-2-5;3-1-2-4;1-2(3)4;;/h2-9,12H,10-11,13-14H2,1H3;2-6H,7-8H2,1H3,(H,15,16);2-5,10H,6-7H2,1H3;2-5H,1H3;1-4,9H,5-6H2;5H,2-3H2,1H3;3-4H,1-2H2;1H3,(H,3,4);1H4;/q;;;;;;;;;+1/p-1. The number of halogens is 1. The number of hydrogen-bond acceptors (Lipinski definition) is 29. The molecule has 0 bridgehead atoms. The van der Waals surface area contributed by atoms with Crippen molar-refractivity contribution >= 4 is 176 Å². The number of ether oxygens (including phenoxy) is 1. The average molecular weight is 1620 g/mol. The summed E-state index contributed by atoms with van der Waals surface area (Å²) in [4.78, 5) is 50.4. The SMILES string of the molecule is C.CC(=O)SCCO.CC(=O)[S-].CC(C#N)(CCC(=O)O)SC(=S)c1ccccc1.CC(C#N)(CCC(=O)OCCSSc1ccccn1)SC(=S)c1ccccc1.Cc1ccc(S(=O)(=O)Cl)cc1.Cc1ccc(S(=O)(=O)OCCO)cc1.OCCO.OCCSSc1ccccn1.[Na+]. The van der Waals surface area contributed by atoms with Crippen molar-refractivity contribution in [2.75, 3.05) is 63.5 Å². The summed E-state index contributed by atoms with van der Waals surface area (Å²) in [5, 5.41) is 69.4.